The van der Waals surface area contributed by atoms with Crippen LogP contribution in [0.1, 0.15) is 29.0 Å². The van der Waals surface area contributed by atoms with Crippen molar-refractivity contribution in [1.29, 1.82) is 0 Å². The van der Waals surface area contributed by atoms with E-state index in [4.69, 9.17) is 5.11 Å². The predicted octanol–water partition coefficient (Wildman–Crippen LogP) is 3.19. The summed E-state index contributed by atoms with van der Waals surface area (Å²) in [6, 6.07) is 5.22. The maximum absolute atomic E-state index is 11.0. The molecule has 0 saturated carbocycles. The lowest BCUT2D eigenvalue weighted by Gasteiger charge is -2.22. The minimum atomic E-state index is -0.900. The van der Waals surface area contributed by atoms with Crippen LogP contribution >= 0.6 is 11.8 Å². The van der Waals surface area contributed by atoms with Crippen molar-refractivity contribution >= 4 is 28.8 Å². The van der Waals surface area contributed by atoms with Gasteiger partial charge in [-0.05, 0) is 55.4 Å². The molecule has 1 aromatic carbocycles. The van der Waals surface area contributed by atoms with Gasteiger partial charge in [-0.3, -0.25) is 0 Å². The number of carbonyl (C=O) groups is 1. The van der Waals surface area contributed by atoms with E-state index >= 15 is 0 Å². The zero-order chi connectivity index (χ0) is 14.1. The molecule has 4 nitrogen and oxygen atoms in total. The van der Waals surface area contributed by atoms with E-state index in [-0.39, 0.29) is 0 Å². The van der Waals surface area contributed by atoms with Crippen molar-refractivity contribution < 1.29 is 9.90 Å². The van der Waals surface area contributed by atoms with Crippen molar-refractivity contribution in [3.05, 3.63) is 29.6 Å². The third-order valence-corrected chi connectivity index (χ3v) is 5.02. The average molecular weight is 290 g/mol. The fourth-order valence-corrected chi connectivity index (χ4v) is 4.01. The molecule has 0 unspecified atom stereocenters. The van der Waals surface area contributed by atoms with Crippen LogP contribution in [0.3, 0.4) is 0 Å². The molecular formula is C15H18N2O2S. The van der Waals surface area contributed by atoms with Crippen LogP contribution in [0.15, 0.2) is 18.2 Å². The number of nitrogens with zero attached hydrogens (tertiary/aromatic N) is 2. The van der Waals surface area contributed by atoms with Gasteiger partial charge in [0.15, 0.2) is 0 Å². The molecule has 20 heavy (non-hydrogen) atoms. The van der Waals surface area contributed by atoms with Crippen LogP contribution in [0.25, 0.3) is 11.0 Å². The summed E-state index contributed by atoms with van der Waals surface area (Å²) in [5.74, 6) is 3.29. The quantitative estimate of drug-likeness (QED) is 0.943. The van der Waals surface area contributed by atoms with Crippen LogP contribution in [0.5, 0.6) is 0 Å². The molecule has 3 rings (SSSR count). The van der Waals surface area contributed by atoms with Gasteiger partial charge in [0.05, 0.1) is 16.6 Å². The summed E-state index contributed by atoms with van der Waals surface area (Å²) in [5.41, 5.74) is 2.13. The fraction of sp³-hybridized carbons (Fsp3) is 0.467. The van der Waals surface area contributed by atoms with Crippen LogP contribution in [0, 0.1) is 12.8 Å². The molecule has 0 atom stereocenters. The molecule has 1 fully saturated rings. The van der Waals surface area contributed by atoms with Crippen molar-refractivity contribution in [3.8, 4) is 0 Å². The Balaban J connectivity index is 1.93. The molecule has 106 valence electrons. The van der Waals surface area contributed by atoms with E-state index in [1.54, 1.807) is 12.1 Å². The highest BCUT2D eigenvalue weighted by molar-refractivity contribution is 7.99. The summed E-state index contributed by atoms with van der Waals surface area (Å²) in [4.78, 5) is 15.5. The van der Waals surface area contributed by atoms with Gasteiger partial charge in [-0.1, -0.05) is 0 Å². The van der Waals surface area contributed by atoms with Crippen molar-refractivity contribution in [2.45, 2.75) is 26.3 Å². The number of hydrogen-bond donors (Lipinski definition) is 1. The van der Waals surface area contributed by atoms with Gasteiger partial charge in [0.1, 0.15) is 5.82 Å². The number of aromatic carboxylic acids is 1. The van der Waals surface area contributed by atoms with E-state index < -0.39 is 5.97 Å². The summed E-state index contributed by atoms with van der Waals surface area (Å²) in [6.45, 7) is 2.99. The van der Waals surface area contributed by atoms with Gasteiger partial charge in [-0.15, -0.1) is 0 Å². The Kier molecular flexibility index (Phi) is 3.70. The molecule has 1 aliphatic heterocycles. The topological polar surface area (TPSA) is 55.1 Å². The highest BCUT2D eigenvalue weighted by atomic mass is 32.2. The standard InChI is InChI=1S/C15H18N2O2S/c1-10-16-13-8-12(15(18)19)2-3-14(13)17(10)9-11-4-6-20-7-5-11/h2-3,8,11H,4-7,9H2,1H3,(H,18,19). The minimum Gasteiger partial charge on any atom is -0.478 e. The van der Waals surface area contributed by atoms with E-state index in [1.165, 1.54) is 24.3 Å². The normalized spacial score (nSPS) is 16.6. The second kappa shape index (κ2) is 5.48. The number of fused-ring (bicyclic) bond motifs is 1. The van der Waals surface area contributed by atoms with E-state index in [2.05, 4.69) is 9.55 Å². The molecule has 0 bridgehead atoms. The second-order valence-electron chi connectivity index (χ2n) is 5.33. The maximum Gasteiger partial charge on any atom is 0.335 e. The van der Waals surface area contributed by atoms with Gasteiger partial charge in [0.2, 0.25) is 0 Å². The van der Waals surface area contributed by atoms with Crippen molar-refractivity contribution in [3.63, 3.8) is 0 Å². The molecule has 1 N–H and O–H groups in total. The number of benzene rings is 1. The number of aromatic nitrogens is 2. The smallest absolute Gasteiger partial charge is 0.335 e. The van der Waals surface area contributed by atoms with Crippen LogP contribution in [0.2, 0.25) is 0 Å². The number of hydrogen-bond acceptors (Lipinski definition) is 3. The van der Waals surface area contributed by atoms with Gasteiger partial charge in [-0.25, -0.2) is 9.78 Å². The Morgan fingerprint density at radius 1 is 1.45 bits per heavy atom. The molecule has 1 aliphatic rings. The molecule has 0 spiro atoms. The Hall–Kier alpha value is -1.49. The lowest BCUT2D eigenvalue weighted by atomic mass is 10.0. The molecule has 1 aromatic heterocycles. The predicted molar refractivity (Wildman–Crippen MR) is 81.5 cm³/mol. The first kappa shape index (κ1) is 13.5. The SMILES string of the molecule is Cc1nc2cc(C(=O)O)ccc2n1CC1CCSCC1. The van der Waals surface area contributed by atoms with E-state index in [1.807, 2.05) is 24.8 Å². The van der Waals surface area contributed by atoms with Crippen molar-refractivity contribution in [1.82, 2.24) is 9.55 Å². The summed E-state index contributed by atoms with van der Waals surface area (Å²) >= 11 is 2.03. The number of imidazole rings is 1. The number of rotatable bonds is 3. The zero-order valence-corrected chi connectivity index (χ0v) is 12.3. The number of aryl methyl sites for hydroxylation is 1. The third kappa shape index (κ3) is 2.54. The third-order valence-electron chi connectivity index (χ3n) is 3.97. The Bertz CT molecular complexity index is 645. The van der Waals surface area contributed by atoms with Gasteiger partial charge < -0.3 is 9.67 Å². The number of carboxylic acids is 1. The molecule has 2 heterocycles. The van der Waals surface area contributed by atoms with Crippen LogP contribution < -0.4 is 0 Å². The van der Waals surface area contributed by atoms with Crippen LogP contribution in [-0.4, -0.2) is 32.1 Å². The maximum atomic E-state index is 11.0. The highest BCUT2D eigenvalue weighted by Gasteiger charge is 2.17. The Morgan fingerprint density at radius 2 is 2.20 bits per heavy atom. The van der Waals surface area contributed by atoms with Crippen LogP contribution in [-0.2, 0) is 6.54 Å². The molecule has 1 saturated heterocycles. The Morgan fingerprint density at radius 3 is 2.90 bits per heavy atom. The largest absolute Gasteiger partial charge is 0.478 e. The average Bonchev–Trinajstić information content (AvgIpc) is 2.75. The lowest BCUT2D eigenvalue weighted by Crippen LogP contribution is -2.17. The highest BCUT2D eigenvalue weighted by Crippen LogP contribution is 2.26. The van der Waals surface area contributed by atoms with E-state index in [0.29, 0.717) is 11.5 Å². The molecule has 0 radical (unpaired) electrons. The molecule has 2 aromatic rings. The van der Waals surface area contributed by atoms with Gasteiger partial charge in [-0.2, -0.15) is 11.8 Å². The van der Waals surface area contributed by atoms with E-state index in [9.17, 15) is 4.79 Å². The fourth-order valence-electron chi connectivity index (χ4n) is 2.80. The lowest BCUT2D eigenvalue weighted by molar-refractivity contribution is 0.0697. The number of thioether (sulfide) groups is 1. The second-order valence-corrected chi connectivity index (χ2v) is 6.56. The Labute approximate surface area is 122 Å². The summed E-state index contributed by atoms with van der Waals surface area (Å²) < 4.78 is 2.24. The monoisotopic (exact) mass is 290 g/mol. The molecular weight excluding hydrogens is 272 g/mol. The van der Waals surface area contributed by atoms with Gasteiger partial charge in [0, 0.05) is 6.54 Å². The summed E-state index contributed by atoms with van der Waals surface area (Å²) in [6.07, 6.45) is 2.52. The van der Waals surface area contributed by atoms with E-state index in [0.717, 1.165) is 23.4 Å². The zero-order valence-electron chi connectivity index (χ0n) is 11.5. The first-order valence-electron chi connectivity index (χ1n) is 6.93. The number of carboxylic acid groups (broad SMARTS) is 1. The molecule has 5 heteroatoms. The first-order valence-corrected chi connectivity index (χ1v) is 8.08. The van der Waals surface area contributed by atoms with Gasteiger partial charge >= 0.3 is 5.97 Å². The van der Waals surface area contributed by atoms with Crippen molar-refractivity contribution in [2.24, 2.45) is 5.92 Å². The molecule has 0 aliphatic carbocycles. The van der Waals surface area contributed by atoms with Crippen LogP contribution in [0.4, 0.5) is 0 Å². The van der Waals surface area contributed by atoms with Gasteiger partial charge in [0.25, 0.3) is 0 Å². The molecule has 0 amide bonds. The van der Waals surface area contributed by atoms with Crippen molar-refractivity contribution in [2.75, 3.05) is 11.5 Å². The summed E-state index contributed by atoms with van der Waals surface area (Å²) in [7, 11) is 0. The minimum absolute atomic E-state index is 0.302. The summed E-state index contributed by atoms with van der Waals surface area (Å²) in [5, 5.41) is 9.04. The first-order chi connectivity index (χ1) is 9.65.